The lowest BCUT2D eigenvalue weighted by Crippen LogP contribution is -1.88. The molecule has 0 aliphatic carbocycles. The van der Waals surface area contributed by atoms with Crippen LogP contribution in [0, 0.1) is 0 Å². The molecule has 0 fully saturated rings. The summed E-state index contributed by atoms with van der Waals surface area (Å²) in [5.41, 5.74) is 0.630. The zero-order valence-electron chi connectivity index (χ0n) is 9.24. The molecule has 2 rings (SSSR count). The van der Waals surface area contributed by atoms with Crippen molar-refractivity contribution in [3.63, 3.8) is 0 Å². The monoisotopic (exact) mass is 229 g/mol. The number of hydrogen-bond donors (Lipinski definition) is 1. The smallest absolute Gasteiger partial charge is 0.218 e. The van der Waals surface area contributed by atoms with Gasteiger partial charge in [0.1, 0.15) is 12.1 Å². The molecule has 0 radical (unpaired) electrons. The number of ether oxygens (including phenoxy) is 1. The number of phenolic OH excluding ortho intramolecular Hbond substituents is 1. The molecule has 86 valence electrons. The van der Waals surface area contributed by atoms with E-state index >= 15 is 0 Å². The number of aromatic hydroxyl groups is 1. The van der Waals surface area contributed by atoms with Gasteiger partial charge in [0.15, 0.2) is 5.82 Å². The Labute approximate surface area is 98.5 Å². The number of aromatic nitrogens is 2. The number of hydrogen-bond acceptors (Lipinski definition) is 5. The minimum atomic E-state index is 0.178. The van der Waals surface area contributed by atoms with Crippen LogP contribution in [0.3, 0.4) is 0 Å². The van der Waals surface area contributed by atoms with Crippen LogP contribution < -0.4 is 4.74 Å². The fraction of sp³-hybridized carbons (Fsp3) is 0.0833. The van der Waals surface area contributed by atoms with Crippen LogP contribution in [-0.4, -0.2) is 28.4 Å². The molecule has 5 nitrogen and oxygen atoms in total. The van der Waals surface area contributed by atoms with Gasteiger partial charge < -0.3 is 9.84 Å². The second-order valence-electron chi connectivity index (χ2n) is 3.24. The molecule has 2 aromatic rings. The van der Waals surface area contributed by atoms with Gasteiger partial charge in [0.25, 0.3) is 0 Å². The first-order chi connectivity index (χ1) is 8.29. The Morgan fingerprint density at radius 1 is 1.29 bits per heavy atom. The number of methoxy groups -OCH3 is 1. The zero-order valence-corrected chi connectivity index (χ0v) is 9.24. The fourth-order valence-electron chi connectivity index (χ4n) is 1.24. The third-order valence-electron chi connectivity index (χ3n) is 2.11. The predicted molar refractivity (Wildman–Crippen MR) is 63.9 cm³/mol. The van der Waals surface area contributed by atoms with Crippen molar-refractivity contribution < 1.29 is 9.84 Å². The number of rotatable bonds is 3. The number of para-hydroxylation sites is 1. The summed E-state index contributed by atoms with van der Waals surface area (Å²) < 4.78 is 4.96. The first kappa shape index (κ1) is 11.1. The number of nitrogens with zero attached hydrogens (tertiary/aromatic N) is 3. The molecule has 17 heavy (non-hydrogen) atoms. The summed E-state index contributed by atoms with van der Waals surface area (Å²) in [4.78, 5) is 12.0. The molecular weight excluding hydrogens is 218 g/mol. The second kappa shape index (κ2) is 5.07. The second-order valence-corrected chi connectivity index (χ2v) is 3.24. The summed E-state index contributed by atoms with van der Waals surface area (Å²) >= 11 is 0. The highest BCUT2D eigenvalue weighted by Gasteiger charge is 1.97. The van der Waals surface area contributed by atoms with Crippen LogP contribution in [-0.2, 0) is 0 Å². The SMILES string of the molecule is COc1cc(N=Cc2ccccc2O)ncn1. The molecule has 0 bridgehead atoms. The molecule has 0 unspecified atom stereocenters. The lowest BCUT2D eigenvalue weighted by atomic mass is 10.2. The average molecular weight is 229 g/mol. The highest BCUT2D eigenvalue weighted by molar-refractivity contribution is 5.84. The van der Waals surface area contributed by atoms with E-state index in [2.05, 4.69) is 15.0 Å². The quantitative estimate of drug-likeness (QED) is 0.817. The van der Waals surface area contributed by atoms with E-state index in [0.29, 0.717) is 17.3 Å². The molecule has 0 saturated carbocycles. The first-order valence-corrected chi connectivity index (χ1v) is 4.97. The van der Waals surface area contributed by atoms with Gasteiger partial charge in [0, 0.05) is 17.8 Å². The molecule has 0 saturated heterocycles. The van der Waals surface area contributed by atoms with Crippen LogP contribution >= 0.6 is 0 Å². The highest BCUT2D eigenvalue weighted by Crippen LogP contribution is 2.16. The van der Waals surface area contributed by atoms with Crippen molar-refractivity contribution in [2.75, 3.05) is 7.11 Å². The largest absolute Gasteiger partial charge is 0.507 e. The van der Waals surface area contributed by atoms with Gasteiger partial charge in [-0.15, -0.1) is 0 Å². The van der Waals surface area contributed by atoms with E-state index < -0.39 is 0 Å². The molecule has 0 aliphatic rings. The van der Waals surface area contributed by atoms with Crippen molar-refractivity contribution in [3.05, 3.63) is 42.2 Å². The van der Waals surface area contributed by atoms with Crippen molar-refractivity contribution in [2.45, 2.75) is 0 Å². The topological polar surface area (TPSA) is 67.6 Å². The van der Waals surface area contributed by atoms with Crippen LogP contribution in [0.1, 0.15) is 5.56 Å². The lowest BCUT2D eigenvalue weighted by Gasteiger charge is -1.98. The maximum absolute atomic E-state index is 9.54. The van der Waals surface area contributed by atoms with E-state index in [1.165, 1.54) is 19.7 Å². The Kier molecular flexibility index (Phi) is 3.30. The molecule has 1 aromatic carbocycles. The van der Waals surface area contributed by atoms with E-state index in [4.69, 9.17) is 4.74 Å². The van der Waals surface area contributed by atoms with Crippen LogP contribution in [0.25, 0.3) is 0 Å². The molecule has 0 atom stereocenters. The summed E-state index contributed by atoms with van der Waals surface area (Å²) in [5.74, 6) is 1.10. The van der Waals surface area contributed by atoms with Gasteiger partial charge in [-0.1, -0.05) is 12.1 Å². The van der Waals surface area contributed by atoms with Crippen LogP contribution in [0.15, 0.2) is 41.7 Å². The molecule has 1 aromatic heterocycles. The van der Waals surface area contributed by atoms with Crippen molar-refractivity contribution in [2.24, 2.45) is 4.99 Å². The minimum Gasteiger partial charge on any atom is -0.507 e. The highest BCUT2D eigenvalue weighted by atomic mass is 16.5. The van der Waals surface area contributed by atoms with E-state index in [1.807, 2.05) is 6.07 Å². The van der Waals surface area contributed by atoms with Crippen molar-refractivity contribution in [1.82, 2.24) is 9.97 Å². The molecule has 5 heteroatoms. The van der Waals surface area contributed by atoms with Gasteiger partial charge in [-0.05, 0) is 12.1 Å². The summed E-state index contributed by atoms with van der Waals surface area (Å²) in [6.45, 7) is 0. The number of aliphatic imine (C=N–C) groups is 1. The van der Waals surface area contributed by atoms with Crippen LogP contribution in [0.5, 0.6) is 11.6 Å². The summed E-state index contributed by atoms with van der Waals surface area (Å²) in [5, 5.41) is 9.54. The molecule has 0 spiro atoms. The lowest BCUT2D eigenvalue weighted by molar-refractivity contribution is 0.397. The van der Waals surface area contributed by atoms with Crippen LogP contribution in [0.4, 0.5) is 5.82 Å². The number of benzene rings is 1. The third-order valence-corrected chi connectivity index (χ3v) is 2.11. The number of phenols is 1. The Morgan fingerprint density at radius 2 is 2.12 bits per heavy atom. The maximum atomic E-state index is 9.54. The standard InChI is InChI=1S/C12H11N3O2/c1-17-12-6-11(14-8-15-12)13-7-9-4-2-3-5-10(9)16/h2-8,16H,1H3. The van der Waals surface area contributed by atoms with E-state index in [9.17, 15) is 5.11 Å². The van der Waals surface area contributed by atoms with E-state index in [0.717, 1.165) is 0 Å². The maximum Gasteiger partial charge on any atom is 0.218 e. The van der Waals surface area contributed by atoms with Gasteiger partial charge in [-0.2, -0.15) is 0 Å². The van der Waals surface area contributed by atoms with Gasteiger partial charge in [-0.25, -0.2) is 15.0 Å². The van der Waals surface area contributed by atoms with Crippen molar-refractivity contribution in [3.8, 4) is 11.6 Å². The Balaban J connectivity index is 2.23. The average Bonchev–Trinajstić information content (AvgIpc) is 2.38. The molecule has 0 aliphatic heterocycles. The summed E-state index contributed by atoms with van der Waals surface area (Å²) in [6, 6.07) is 8.54. The molecule has 1 heterocycles. The minimum absolute atomic E-state index is 0.178. The Hall–Kier alpha value is -2.43. The normalized spacial score (nSPS) is 10.6. The predicted octanol–water partition coefficient (Wildman–Crippen LogP) is 1.94. The summed E-state index contributed by atoms with van der Waals surface area (Å²) in [6.07, 6.45) is 2.91. The molecule has 1 N–H and O–H groups in total. The zero-order chi connectivity index (χ0) is 12.1. The first-order valence-electron chi connectivity index (χ1n) is 4.97. The summed E-state index contributed by atoms with van der Waals surface area (Å²) in [7, 11) is 1.53. The molecular formula is C12H11N3O2. The van der Waals surface area contributed by atoms with Crippen molar-refractivity contribution in [1.29, 1.82) is 0 Å². The Bertz CT molecular complexity index is 541. The van der Waals surface area contributed by atoms with Gasteiger partial charge in [0.2, 0.25) is 5.88 Å². The fourth-order valence-corrected chi connectivity index (χ4v) is 1.24. The van der Waals surface area contributed by atoms with Crippen LogP contribution in [0.2, 0.25) is 0 Å². The van der Waals surface area contributed by atoms with Gasteiger partial charge in [-0.3, -0.25) is 0 Å². The van der Waals surface area contributed by atoms with E-state index in [1.54, 1.807) is 24.3 Å². The third kappa shape index (κ3) is 2.78. The van der Waals surface area contributed by atoms with E-state index in [-0.39, 0.29) is 5.75 Å². The van der Waals surface area contributed by atoms with Gasteiger partial charge in [0.05, 0.1) is 7.11 Å². The Morgan fingerprint density at radius 3 is 2.88 bits per heavy atom. The molecule has 0 amide bonds. The van der Waals surface area contributed by atoms with Gasteiger partial charge >= 0.3 is 0 Å². The van der Waals surface area contributed by atoms with Crippen molar-refractivity contribution >= 4 is 12.0 Å².